The van der Waals surface area contributed by atoms with Crippen molar-refractivity contribution in [3.63, 3.8) is 0 Å². The van der Waals surface area contributed by atoms with Gasteiger partial charge in [-0.25, -0.2) is 0 Å². The molecule has 1 saturated carbocycles. The van der Waals surface area contributed by atoms with Gasteiger partial charge in [0.2, 0.25) is 0 Å². The second-order valence-corrected chi connectivity index (χ2v) is 5.41. The molecule has 0 amide bonds. The Morgan fingerprint density at radius 2 is 2.00 bits per heavy atom. The SMILES string of the molecule is CCC[C@H]1CC[C@H]2[C@@H](C)CCC[C@H]2N1. The molecule has 0 radical (unpaired) electrons. The lowest BCUT2D eigenvalue weighted by atomic mass is 9.71. The zero-order valence-corrected chi connectivity index (χ0v) is 9.76. The highest BCUT2D eigenvalue weighted by Crippen LogP contribution is 2.36. The second-order valence-electron chi connectivity index (χ2n) is 5.41. The van der Waals surface area contributed by atoms with Crippen LogP contribution in [0.5, 0.6) is 0 Å². The molecule has 1 aliphatic heterocycles. The third kappa shape index (κ3) is 2.13. The molecule has 4 atom stereocenters. The van der Waals surface area contributed by atoms with Crippen molar-refractivity contribution in [2.45, 2.75) is 70.9 Å². The summed E-state index contributed by atoms with van der Waals surface area (Å²) in [5.74, 6) is 1.97. The van der Waals surface area contributed by atoms with Gasteiger partial charge in [0.25, 0.3) is 0 Å². The molecule has 0 unspecified atom stereocenters. The number of piperidine rings is 1. The van der Waals surface area contributed by atoms with E-state index in [1.807, 2.05) is 0 Å². The van der Waals surface area contributed by atoms with Crippen LogP contribution >= 0.6 is 0 Å². The van der Waals surface area contributed by atoms with Crippen LogP contribution in [0.15, 0.2) is 0 Å². The average molecular weight is 195 g/mol. The van der Waals surface area contributed by atoms with Gasteiger partial charge in [-0.1, -0.05) is 33.1 Å². The highest BCUT2D eigenvalue weighted by atomic mass is 15.0. The van der Waals surface area contributed by atoms with Crippen molar-refractivity contribution in [3.8, 4) is 0 Å². The molecule has 14 heavy (non-hydrogen) atoms. The van der Waals surface area contributed by atoms with Gasteiger partial charge in [0.1, 0.15) is 0 Å². The molecule has 82 valence electrons. The van der Waals surface area contributed by atoms with E-state index in [-0.39, 0.29) is 0 Å². The van der Waals surface area contributed by atoms with Crippen LogP contribution in [0.2, 0.25) is 0 Å². The first-order valence-electron chi connectivity index (χ1n) is 6.57. The normalized spacial score (nSPS) is 43.3. The first-order valence-corrected chi connectivity index (χ1v) is 6.57. The van der Waals surface area contributed by atoms with Crippen molar-refractivity contribution in [2.75, 3.05) is 0 Å². The minimum Gasteiger partial charge on any atom is -0.311 e. The number of nitrogens with one attached hydrogen (secondary N) is 1. The number of rotatable bonds is 2. The molecule has 1 N–H and O–H groups in total. The number of fused-ring (bicyclic) bond motifs is 1. The predicted octanol–water partition coefficient (Wildman–Crippen LogP) is 3.34. The Labute approximate surface area is 88.7 Å². The maximum absolute atomic E-state index is 3.89. The Morgan fingerprint density at radius 1 is 1.14 bits per heavy atom. The highest BCUT2D eigenvalue weighted by molar-refractivity contribution is 4.91. The predicted molar refractivity (Wildman–Crippen MR) is 61.4 cm³/mol. The summed E-state index contributed by atoms with van der Waals surface area (Å²) in [5.41, 5.74) is 0. The van der Waals surface area contributed by atoms with Crippen LogP contribution in [0.4, 0.5) is 0 Å². The molecule has 0 spiro atoms. The summed E-state index contributed by atoms with van der Waals surface area (Å²) < 4.78 is 0. The summed E-state index contributed by atoms with van der Waals surface area (Å²) in [6.07, 6.45) is 10.0. The molecule has 1 heteroatoms. The van der Waals surface area contributed by atoms with E-state index in [0.29, 0.717) is 0 Å². The Morgan fingerprint density at radius 3 is 2.79 bits per heavy atom. The molecule has 1 heterocycles. The molecular weight excluding hydrogens is 170 g/mol. The second kappa shape index (κ2) is 4.65. The summed E-state index contributed by atoms with van der Waals surface area (Å²) in [4.78, 5) is 0. The lowest BCUT2D eigenvalue weighted by Crippen LogP contribution is -2.50. The summed E-state index contributed by atoms with van der Waals surface area (Å²) in [6, 6.07) is 1.70. The quantitative estimate of drug-likeness (QED) is 0.712. The van der Waals surface area contributed by atoms with Gasteiger partial charge in [-0.15, -0.1) is 0 Å². The van der Waals surface area contributed by atoms with E-state index in [2.05, 4.69) is 19.2 Å². The summed E-state index contributed by atoms with van der Waals surface area (Å²) in [6.45, 7) is 4.76. The molecule has 0 aromatic carbocycles. The van der Waals surface area contributed by atoms with Crippen molar-refractivity contribution in [1.82, 2.24) is 5.32 Å². The molecule has 2 rings (SSSR count). The van der Waals surface area contributed by atoms with Gasteiger partial charge in [0.15, 0.2) is 0 Å². The fraction of sp³-hybridized carbons (Fsp3) is 1.00. The van der Waals surface area contributed by atoms with Gasteiger partial charge in [-0.05, 0) is 37.5 Å². The van der Waals surface area contributed by atoms with Gasteiger partial charge >= 0.3 is 0 Å². The molecule has 2 fully saturated rings. The molecule has 2 aliphatic rings. The van der Waals surface area contributed by atoms with Crippen LogP contribution in [0, 0.1) is 11.8 Å². The van der Waals surface area contributed by atoms with Crippen molar-refractivity contribution < 1.29 is 0 Å². The van der Waals surface area contributed by atoms with Crippen LogP contribution < -0.4 is 5.32 Å². The number of hydrogen-bond donors (Lipinski definition) is 1. The molecule has 1 nitrogen and oxygen atoms in total. The highest BCUT2D eigenvalue weighted by Gasteiger charge is 2.34. The van der Waals surface area contributed by atoms with Crippen LogP contribution in [-0.2, 0) is 0 Å². The van der Waals surface area contributed by atoms with E-state index >= 15 is 0 Å². The molecule has 1 saturated heterocycles. The maximum Gasteiger partial charge on any atom is 0.0100 e. The fourth-order valence-corrected chi connectivity index (χ4v) is 3.53. The summed E-state index contributed by atoms with van der Waals surface area (Å²) in [7, 11) is 0. The monoisotopic (exact) mass is 195 g/mol. The number of hydrogen-bond acceptors (Lipinski definition) is 1. The standard InChI is InChI=1S/C13H25N/c1-3-5-11-8-9-12-10(2)6-4-7-13(12)14-11/h10-14H,3-9H2,1-2H3/t10-,11-,12-,13+/m0/s1. The summed E-state index contributed by atoms with van der Waals surface area (Å²) >= 11 is 0. The van der Waals surface area contributed by atoms with Crippen molar-refractivity contribution >= 4 is 0 Å². The zero-order chi connectivity index (χ0) is 9.97. The average Bonchev–Trinajstić information content (AvgIpc) is 2.18. The Balaban J connectivity index is 1.89. The first-order chi connectivity index (χ1) is 6.81. The Bertz CT molecular complexity index is 178. The Hall–Kier alpha value is -0.0400. The minimum atomic E-state index is 0.839. The molecule has 0 aromatic heterocycles. The van der Waals surface area contributed by atoms with Gasteiger partial charge in [0, 0.05) is 12.1 Å². The van der Waals surface area contributed by atoms with Crippen LogP contribution in [0.1, 0.15) is 58.8 Å². The molecular formula is C13H25N. The Kier molecular flexibility index (Phi) is 3.48. The van der Waals surface area contributed by atoms with Crippen molar-refractivity contribution in [2.24, 2.45) is 11.8 Å². The van der Waals surface area contributed by atoms with E-state index < -0.39 is 0 Å². The van der Waals surface area contributed by atoms with Crippen molar-refractivity contribution in [3.05, 3.63) is 0 Å². The van der Waals surface area contributed by atoms with E-state index in [1.165, 1.54) is 44.9 Å². The third-order valence-electron chi connectivity index (χ3n) is 4.36. The largest absolute Gasteiger partial charge is 0.311 e. The van der Waals surface area contributed by atoms with Crippen molar-refractivity contribution in [1.29, 1.82) is 0 Å². The smallest absolute Gasteiger partial charge is 0.0100 e. The fourth-order valence-electron chi connectivity index (χ4n) is 3.53. The summed E-state index contributed by atoms with van der Waals surface area (Å²) in [5, 5.41) is 3.89. The van der Waals surface area contributed by atoms with Crippen LogP contribution in [-0.4, -0.2) is 12.1 Å². The van der Waals surface area contributed by atoms with Gasteiger partial charge < -0.3 is 5.32 Å². The van der Waals surface area contributed by atoms with E-state index in [1.54, 1.807) is 0 Å². The van der Waals surface area contributed by atoms with E-state index in [0.717, 1.165) is 23.9 Å². The lowest BCUT2D eigenvalue weighted by Gasteiger charge is -2.44. The molecule has 1 aliphatic carbocycles. The van der Waals surface area contributed by atoms with E-state index in [4.69, 9.17) is 0 Å². The topological polar surface area (TPSA) is 12.0 Å². The van der Waals surface area contributed by atoms with Gasteiger partial charge in [0.05, 0.1) is 0 Å². The minimum absolute atomic E-state index is 0.839. The van der Waals surface area contributed by atoms with E-state index in [9.17, 15) is 0 Å². The third-order valence-corrected chi connectivity index (χ3v) is 4.36. The van der Waals surface area contributed by atoms with Gasteiger partial charge in [-0.2, -0.15) is 0 Å². The molecule has 0 aromatic rings. The van der Waals surface area contributed by atoms with Crippen LogP contribution in [0.3, 0.4) is 0 Å². The maximum atomic E-state index is 3.89. The zero-order valence-electron chi connectivity index (χ0n) is 9.76. The lowest BCUT2D eigenvalue weighted by molar-refractivity contribution is 0.122. The first kappa shape index (κ1) is 10.5. The molecule has 0 bridgehead atoms. The van der Waals surface area contributed by atoms with Gasteiger partial charge in [-0.3, -0.25) is 0 Å². The van der Waals surface area contributed by atoms with Crippen LogP contribution in [0.25, 0.3) is 0 Å².